The van der Waals surface area contributed by atoms with Gasteiger partial charge in [-0.05, 0) is 59.2 Å². The van der Waals surface area contributed by atoms with Crippen LogP contribution in [0.2, 0.25) is 0 Å². The van der Waals surface area contributed by atoms with Gasteiger partial charge >= 0.3 is 6.18 Å². The molecule has 136 valence electrons. The maximum atomic E-state index is 12.9. The molecule has 0 aliphatic carbocycles. The average molecular weight is 367 g/mol. The Morgan fingerprint density at radius 1 is 0.778 bits per heavy atom. The van der Waals surface area contributed by atoms with Gasteiger partial charge in [-0.1, -0.05) is 30.3 Å². The maximum Gasteiger partial charge on any atom is 0.416 e. The van der Waals surface area contributed by atoms with Crippen molar-refractivity contribution in [2.75, 3.05) is 7.11 Å². The Morgan fingerprint density at radius 3 is 2.22 bits per heavy atom. The molecule has 27 heavy (non-hydrogen) atoms. The summed E-state index contributed by atoms with van der Waals surface area (Å²) in [4.78, 5) is 3.20. The summed E-state index contributed by atoms with van der Waals surface area (Å²) in [6.07, 6.45) is -4.35. The number of H-pyrrole nitrogens is 1. The van der Waals surface area contributed by atoms with E-state index in [0.29, 0.717) is 10.9 Å². The third-order valence-electron chi connectivity index (χ3n) is 4.54. The zero-order chi connectivity index (χ0) is 19.0. The minimum absolute atomic E-state index is 0.537. The fraction of sp³-hybridized carbons (Fsp3) is 0.0909. The standard InChI is InChI=1S/C22H16F3NO/c1-27-19-8-5-14(6-9-19)15-3-2-4-16(11-15)21-13-17-12-18(22(23,24)25)7-10-20(17)26-21/h2-13,26H,1H3. The SMILES string of the molecule is COc1ccc(-c2cccc(-c3cc4cc(C(F)(F)F)ccc4[nH]3)c2)cc1. The van der Waals surface area contributed by atoms with Crippen molar-refractivity contribution in [3.63, 3.8) is 0 Å². The Morgan fingerprint density at radius 2 is 1.52 bits per heavy atom. The number of aromatic amines is 1. The highest BCUT2D eigenvalue weighted by molar-refractivity contribution is 5.87. The average Bonchev–Trinajstić information content (AvgIpc) is 3.11. The predicted molar refractivity (Wildman–Crippen MR) is 101 cm³/mol. The molecule has 0 bridgehead atoms. The number of fused-ring (bicyclic) bond motifs is 1. The number of benzene rings is 3. The number of halogens is 3. The lowest BCUT2D eigenvalue weighted by Gasteiger charge is -2.06. The summed E-state index contributed by atoms with van der Waals surface area (Å²) in [7, 11) is 1.62. The van der Waals surface area contributed by atoms with Crippen LogP contribution in [0.5, 0.6) is 5.75 Å². The van der Waals surface area contributed by atoms with Crippen LogP contribution in [0.25, 0.3) is 33.3 Å². The van der Waals surface area contributed by atoms with E-state index in [1.54, 1.807) is 13.2 Å². The Kier molecular flexibility index (Phi) is 4.15. The molecule has 0 amide bonds. The molecule has 3 aromatic carbocycles. The summed E-state index contributed by atoms with van der Waals surface area (Å²) in [5, 5.41) is 0.537. The molecule has 1 aromatic heterocycles. The van der Waals surface area contributed by atoms with Gasteiger partial charge in [-0.3, -0.25) is 0 Å². The first-order valence-corrected chi connectivity index (χ1v) is 8.39. The van der Waals surface area contributed by atoms with E-state index in [1.807, 2.05) is 48.5 Å². The van der Waals surface area contributed by atoms with Crippen molar-refractivity contribution in [2.45, 2.75) is 6.18 Å². The second kappa shape index (κ2) is 6.50. The first-order valence-electron chi connectivity index (χ1n) is 8.39. The number of methoxy groups -OCH3 is 1. The third-order valence-corrected chi connectivity index (χ3v) is 4.54. The highest BCUT2D eigenvalue weighted by atomic mass is 19.4. The normalized spacial score (nSPS) is 11.7. The number of nitrogens with one attached hydrogen (secondary N) is 1. The van der Waals surface area contributed by atoms with Crippen LogP contribution in [0.3, 0.4) is 0 Å². The fourth-order valence-electron chi connectivity index (χ4n) is 3.11. The van der Waals surface area contributed by atoms with Crippen LogP contribution in [0.15, 0.2) is 72.8 Å². The van der Waals surface area contributed by atoms with Crippen LogP contribution in [0.4, 0.5) is 13.2 Å². The van der Waals surface area contributed by atoms with E-state index in [9.17, 15) is 13.2 Å². The fourth-order valence-corrected chi connectivity index (χ4v) is 3.11. The number of alkyl halides is 3. The summed E-state index contributed by atoms with van der Waals surface area (Å²) in [5.74, 6) is 0.783. The van der Waals surface area contributed by atoms with E-state index in [2.05, 4.69) is 4.98 Å². The molecule has 0 fully saturated rings. The molecule has 0 unspecified atom stereocenters. The van der Waals surface area contributed by atoms with Gasteiger partial charge in [0.25, 0.3) is 0 Å². The van der Waals surface area contributed by atoms with Crippen molar-refractivity contribution < 1.29 is 17.9 Å². The molecule has 0 aliphatic rings. The second-order valence-electron chi connectivity index (χ2n) is 6.29. The van der Waals surface area contributed by atoms with Gasteiger partial charge in [-0.25, -0.2) is 0 Å². The first kappa shape index (κ1) is 17.2. The molecule has 0 saturated heterocycles. The minimum atomic E-state index is -4.35. The lowest BCUT2D eigenvalue weighted by Crippen LogP contribution is -2.03. The highest BCUT2D eigenvalue weighted by Gasteiger charge is 2.30. The summed E-state index contributed by atoms with van der Waals surface area (Å²) in [6.45, 7) is 0. The van der Waals surface area contributed by atoms with E-state index >= 15 is 0 Å². The Balaban J connectivity index is 1.72. The van der Waals surface area contributed by atoms with Gasteiger partial charge in [0, 0.05) is 16.6 Å². The van der Waals surface area contributed by atoms with E-state index < -0.39 is 11.7 Å². The number of aromatic nitrogens is 1. The van der Waals surface area contributed by atoms with Crippen molar-refractivity contribution in [3.05, 3.63) is 78.4 Å². The lowest BCUT2D eigenvalue weighted by molar-refractivity contribution is -0.137. The van der Waals surface area contributed by atoms with Crippen LogP contribution in [0.1, 0.15) is 5.56 Å². The van der Waals surface area contributed by atoms with Crippen molar-refractivity contribution in [1.82, 2.24) is 4.98 Å². The van der Waals surface area contributed by atoms with Crippen molar-refractivity contribution in [3.8, 4) is 28.1 Å². The molecule has 4 rings (SSSR count). The maximum absolute atomic E-state index is 12.9. The largest absolute Gasteiger partial charge is 0.497 e. The van der Waals surface area contributed by atoms with Gasteiger partial charge in [0.05, 0.1) is 12.7 Å². The molecule has 1 heterocycles. The highest BCUT2D eigenvalue weighted by Crippen LogP contribution is 2.34. The molecule has 2 nitrogen and oxygen atoms in total. The van der Waals surface area contributed by atoms with Crippen molar-refractivity contribution in [1.29, 1.82) is 0 Å². The van der Waals surface area contributed by atoms with Gasteiger partial charge < -0.3 is 9.72 Å². The first-order chi connectivity index (χ1) is 12.9. The van der Waals surface area contributed by atoms with Crippen LogP contribution in [0, 0.1) is 0 Å². The number of hydrogen-bond donors (Lipinski definition) is 1. The van der Waals surface area contributed by atoms with Gasteiger partial charge in [-0.2, -0.15) is 13.2 Å². The van der Waals surface area contributed by atoms with Crippen LogP contribution in [-0.4, -0.2) is 12.1 Å². The molecule has 0 spiro atoms. The second-order valence-corrected chi connectivity index (χ2v) is 6.29. The lowest BCUT2D eigenvalue weighted by atomic mass is 10.0. The Labute approximate surface area is 154 Å². The van der Waals surface area contributed by atoms with Gasteiger partial charge in [0.2, 0.25) is 0 Å². The van der Waals surface area contributed by atoms with Crippen LogP contribution >= 0.6 is 0 Å². The topological polar surface area (TPSA) is 25.0 Å². The summed E-state index contributed by atoms with van der Waals surface area (Å²) in [5.41, 5.74) is 3.77. The van der Waals surface area contributed by atoms with Gasteiger partial charge in [0.1, 0.15) is 5.75 Å². The predicted octanol–water partition coefficient (Wildman–Crippen LogP) is 6.53. The summed E-state index contributed by atoms with van der Waals surface area (Å²) >= 11 is 0. The van der Waals surface area contributed by atoms with Crippen molar-refractivity contribution >= 4 is 10.9 Å². The molecule has 0 radical (unpaired) electrons. The molecule has 5 heteroatoms. The molecular formula is C22H16F3NO. The summed E-state index contributed by atoms with van der Waals surface area (Å²) in [6, 6.07) is 21.1. The number of ether oxygens (including phenoxy) is 1. The number of hydrogen-bond acceptors (Lipinski definition) is 1. The van der Waals surface area contributed by atoms with Gasteiger partial charge in [-0.15, -0.1) is 0 Å². The van der Waals surface area contributed by atoms with E-state index in [1.165, 1.54) is 12.1 Å². The zero-order valence-electron chi connectivity index (χ0n) is 14.5. The molecule has 0 aliphatic heterocycles. The molecular weight excluding hydrogens is 351 g/mol. The van der Waals surface area contributed by atoms with Crippen molar-refractivity contribution in [2.24, 2.45) is 0 Å². The molecule has 0 saturated carbocycles. The molecule has 4 aromatic rings. The monoisotopic (exact) mass is 367 g/mol. The summed E-state index contributed by atoms with van der Waals surface area (Å²) < 4.78 is 43.9. The quantitative estimate of drug-likeness (QED) is 0.437. The Hall–Kier alpha value is -3.21. The van der Waals surface area contributed by atoms with Crippen LogP contribution < -0.4 is 4.74 Å². The van der Waals surface area contributed by atoms with E-state index in [4.69, 9.17) is 4.74 Å². The Bertz CT molecular complexity index is 1090. The van der Waals surface area contributed by atoms with E-state index in [-0.39, 0.29) is 0 Å². The zero-order valence-corrected chi connectivity index (χ0v) is 14.5. The van der Waals surface area contributed by atoms with E-state index in [0.717, 1.165) is 34.2 Å². The smallest absolute Gasteiger partial charge is 0.416 e. The third kappa shape index (κ3) is 3.40. The number of rotatable bonds is 3. The minimum Gasteiger partial charge on any atom is -0.497 e. The molecule has 1 N–H and O–H groups in total. The van der Waals surface area contributed by atoms with Crippen LogP contribution in [-0.2, 0) is 6.18 Å². The van der Waals surface area contributed by atoms with Gasteiger partial charge in [0.15, 0.2) is 0 Å². The molecule has 0 atom stereocenters.